The molecular weight excluding hydrogens is 264 g/mol. The van der Waals surface area contributed by atoms with Gasteiger partial charge in [0.1, 0.15) is 0 Å². The highest BCUT2D eigenvalue weighted by atomic mass is 16.5. The molecule has 1 amide bonds. The lowest BCUT2D eigenvalue weighted by Gasteiger charge is -2.25. The first-order valence-electron chi connectivity index (χ1n) is 7.71. The van der Waals surface area contributed by atoms with Crippen molar-refractivity contribution in [1.29, 1.82) is 0 Å². The largest absolute Gasteiger partial charge is 0.376 e. The Balaban J connectivity index is 1.77. The molecular formula is C17H26N2O2. The fourth-order valence-electron chi connectivity index (χ4n) is 2.55. The number of hydrogen-bond acceptors (Lipinski definition) is 3. The van der Waals surface area contributed by atoms with Crippen LogP contribution in [0, 0.1) is 6.92 Å². The highest BCUT2D eigenvalue weighted by Crippen LogP contribution is 2.18. The van der Waals surface area contributed by atoms with E-state index in [4.69, 9.17) is 4.74 Å². The van der Waals surface area contributed by atoms with E-state index in [9.17, 15) is 4.79 Å². The van der Waals surface area contributed by atoms with E-state index in [-0.39, 0.29) is 18.1 Å². The van der Waals surface area contributed by atoms with E-state index in [0.717, 1.165) is 19.4 Å². The van der Waals surface area contributed by atoms with E-state index in [1.165, 1.54) is 11.1 Å². The molecule has 0 bridgehead atoms. The second-order valence-corrected chi connectivity index (χ2v) is 5.94. The summed E-state index contributed by atoms with van der Waals surface area (Å²) in [5.74, 6) is 0.0620. The van der Waals surface area contributed by atoms with Crippen molar-refractivity contribution in [3.63, 3.8) is 0 Å². The van der Waals surface area contributed by atoms with Gasteiger partial charge in [0.15, 0.2) is 0 Å². The van der Waals surface area contributed by atoms with Gasteiger partial charge in [-0.15, -0.1) is 0 Å². The van der Waals surface area contributed by atoms with Crippen LogP contribution in [0.25, 0.3) is 0 Å². The van der Waals surface area contributed by atoms with E-state index in [2.05, 4.69) is 48.3 Å². The Kier molecular flexibility index (Phi) is 5.76. The lowest BCUT2D eigenvalue weighted by Crippen LogP contribution is -2.39. The molecule has 0 aliphatic carbocycles. The van der Waals surface area contributed by atoms with Gasteiger partial charge in [0, 0.05) is 19.2 Å². The quantitative estimate of drug-likeness (QED) is 0.874. The molecule has 1 aromatic carbocycles. The van der Waals surface area contributed by atoms with Crippen molar-refractivity contribution in [2.75, 3.05) is 26.7 Å². The number of hydrogen-bond donors (Lipinski definition) is 1. The van der Waals surface area contributed by atoms with Crippen molar-refractivity contribution in [3.8, 4) is 0 Å². The zero-order valence-electron chi connectivity index (χ0n) is 13.3. The molecule has 4 nitrogen and oxygen atoms in total. The van der Waals surface area contributed by atoms with E-state index >= 15 is 0 Å². The van der Waals surface area contributed by atoms with Crippen LogP contribution in [0.5, 0.6) is 0 Å². The Morgan fingerprint density at radius 2 is 2.14 bits per heavy atom. The average Bonchev–Trinajstić information content (AvgIpc) is 2.98. The van der Waals surface area contributed by atoms with Crippen molar-refractivity contribution >= 4 is 5.91 Å². The number of aryl methyl sites for hydroxylation is 1. The Morgan fingerprint density at radius 3 is 2.76 bits per heavy atom. The lowest BCUT2D eigenvalue weighted by molar-refractivity contribution is -0.122. The van der Waals surface area contributed by atoms with Crippen LogP contribution in [0.15, 0.2) is 24.3 Å². The first kappa shape index (κ1) is 16.0. The molecule has 0 saturated carbocycles. The number of nitrogens with one attached hydrogen (secondary N) is 1. The summed E-state index contributed by atoms with van der Waals surface area (Å²) in [6, 6.07) is 8.69. The molecule has 1 saturated heterocycles. The normalized spacial score (nSPS) is 19.7. The molecule has 1 N–H and O–H groups in total. The van der Waals surface area contributed by atoms with Crippen LogP contribution in [0.3, 0.4) is 0 Å². The zero-order valence-corrected chi connectivity index (χ0v) is 13.3. The maximum absolute atomic E-state index is 12.0. The SMILES string of the molecule is Cc1ccc([C@H](C)N(C)CC(=O)NC[C@H]2CCCO2)cc1. The summed E-state index contributed by atoms with van der Waals surface area (Å²) in [5.41, 5.74) is 2.48. The van der Waals surface area contributed by atoms with Gasteiger partial charge in [-0.2, -0.15) is 0 Å². The molecule has 4 heteroatoms. The number of rotatable bonds is 6. The van der Waals surface area contributed by atoms with Crippen LogP contribution < -0.4 is 5.32 Å². The van der Waals surface area contributed by atoms with Crippen LogP contribution in [-0.4, -0.2) is 43.7 Å². The number of benzene rings is 1. The van der Waals surface area contributed by atoms with Gasteiger partial charge in [0.2, 0.25) is 5.91 Å². The molecule has 0 spiro atoms. The van der Waals surface area contributed by atoms with Gasteiger partial charge in [-0.25, -0.2) is 0 Å². The summed E-state index contributed by atoms with van der Waals surface area (Å²) in [6.45, 7) is 6.06. The fraction of sp³-hybridized carbons (Fsp3) is 0.588. The number of amides is 1. The summed E-state index contributed by atoms with van der Waals surface area (Å²) in [5, 5.41) is 2.97. The van der Waals surface area contributed by atoms with Gasteiger partial charge in [0.25, 0.3) is 0 Å². The summed E-state index contributed by atoms with van der Waals surface area (Å²) in [7, 11) is 1.98. The monoisotopic (exact) mass is 290 g/mol. The van der Waals surface area contributed by atoms with Gasteiger partial charge in [-0.05, 0) is 39.3 Å². The second kappa shape index (κ2) is 7.57. The molecule has 0 unspecified atom stereocenters. The average molecular weight is 290 g/mol. The maximum atomic E-state index is 12.0. The summed E-state index contributed by atoms with van der Waals surface area (Å²) in [4.78, 5) is 14.1. The van der Waals surface area contributed by atoms with Gasteiger partial charge in [0.05, 0.1) is 12.6 Å². The molecule has 0 aromatic heterocycles. The third-order valence-corrected chi connectivity index (χ3v) is 4.16. The number of carbonyl (C=O) groups excluding carboxylic acids is 1. The Labute approximate surface area is 127 Å². The van der Waals surface area contributed by atoms with E-state index in [0.29, 0.717) is 13.1 Å². The first-order chi connectivity index (χ1) is 10.1. The van der Waals surface area contributed by atoms with Gasteiger partial charge < -0.3 is 10.1 Å². The standard InChI is InChI=1S/C17H26N2O2/c1-13-6-8-15(9-7-13)14(2)19(3)12-17(20)18-11-16-5-4-10-21-16/h6-9,14,16H,4-5,10-12H2,1-3H3,(H,18,20)/t14-,16+/m0/s1. The summed E-state index contributed by atoms with van der Waals surface area (Å²) >= 11 is 0. The zero-order chi connectivity index (χ0) is 15.2. The number of carbonyl (C=O) groups is 1. The minimum atomic E-state index is 0.0620. The molecule has 1 aromatic rings. The highest BCUT2D eigenvalue weighted by molar-refractivity contribution is 5.78. The molecule has 1 fully saturated rings. The maximum Gasteiger partial charge on any atom is 0.234 e. The van der Waals surface area contributed by atoms with Gasteiger partial charge >= 0.3 is 0 Å². The minimum Gasteiger partial charge on any atom is -0.376 e. The smallest absolute Gasteiger partial charge is 0.234 e. The van der Waals surface area contributed by atoms with Crippen LogP contribution in [-0.2, 0) is 9.53 Å². The summed E-state index contributed by atoms with van der Waals surface area (Å²) in [6.07, 6.45) is 2.36. The third-order valence-electron chi connectivity index (χ3n) is 4.16. The van der Waals surface area contributed by atoms with Crippen molar-refractivity contribution in [2.45, 2.75) is 38.8 Å². The van der Waals surface area contributed by atoms with Crippen molar-refractivity contribution in [2.24, 2.45) is 0 Å². The highest BCUT2D eigenvalue weighted by Gasteiger charge is 2.18. The van der Waals surface area contributed by atoms with Crippen LogP contribution in [0.4, 0.5) is 0 Å². The summed E-state index contributed by atoms with van der Waals surface area (Å²) < 4.78 is 5.51. The topological polar surface area (TPSA) is 41.6 Å². The van der Waals surface area contributed by atoms with Crippen LogP contribution >= 0.6 is 0 Å². The van der Waals surface area contributed by atoms with Gasteiger partial charge in [-0.1, -0.05) is 29.8 Å². The minimum absolute atomic E-state index is 0.0620. The fourth-order valence-corrected chi connectivity index (χ4v) is 2.55. The number of likely N-dealkylation sites (N-methyl/N-ethyl adjacent to an activating group) is 1. The predicted molar refractivity (Wildman–Crippen MR) is 84.2 cm³/mol. The Bertz CT molecular complexity index is 452. The molecule has 1 aliphatic heterocycles. The molecule has 116 valence electrons. The second-order valence-electron chi connectivity index (χ2n) is 5.94. The lowest BCUT2D eigenvalue weighted by atomic mass is 10.1. The molecule has 21 heavy (non-hydrogen) atoms. The van der Waals surface area contributed by atoms with E-state index < -0.39 is 0 Å². The molecule has 2 atom stereocenters. The molecule has 2 rings (SSSR count). The predicted octanol–water partition coefficient (Wildman–Crippen LogP) is 2.28. The Hall–Kier alpha value is -1.39. The van der Waals surface area contributed by atoms with Crippen LogP contribution in [0.1, 0.15) is 36.9 Å². The number of ether oxygens (including phenoxy) is 1. The molecule has 0 radical (unpaired) electrons. The van der Waals surface area contributed by atoms with E-state index in [1.807, 2.05) is 7.05 Å². The molecule has 1 heterocycles. The third kappa shape index (κ3) is 4.83. The van der Waals surface area contributed by atoms with E-state index in [1.54, 1.807) is 0 Å². The Morgan fingerprint density at radius 1 is 1.43 bits per heavy atom. The van der Waals surface area contributed by atoms with Crippen LogP contribution in [0.2, 0.25) is 0 Å². The van der Waals surface area contributed by atoms with Crippen molar-refractivity contribution in [1.82, 2.24) is 10.2 Å². The molecule has 1 aliphatic rings. The van der Waals surface area contributed by atoms with Crippen molar-refractivity contribution < 1.29 is 9.53 Å². The van der Waals surface area contributed by atoms with Gasteiger partial charge in [-0.3, -0.25) is 9.69 Å². The first-order valence-corrected chi connectivity index (χ1v) is 7.71. The number of nitrogens with zero attached hydrogens (tertiary/aromatic N) is 1. The van der Waals surface area contributed by atoms with Crippen molar-refractivity contribution in [3.05, 3.63) is 35.4 Å².